The van der Waals surface area contributed by atoms with Gasteiger partial charge in [-0.3, -0.25) is 19.9 Å². The predicted octanol–water partition coefficient (Wildman–Crippen LogP) is 4.90. The second-order valence-corrected chi connectivity index (χ2v) is 20.4. The summed E-state index contributed by atoms with van der Waals surface area (Å²) in [6.45, 7) is 7.79. The Kier molecular flexibility index (Phi) is 17.2. The van der Waals surface area contributed by atoms with Gasteiger partial charge in [-0.2, -0.15) is 0 Å². The summed E-state index contributed by atoms with van der Waals surface area (Å²) in [4.78, 5) is 49.8. The lowest BCUT2D eigenvalue weighted by Gasteiger charge is -2.48. The lowest BCUT2D eigenvalue weighted by Crippen LogP contribution is -2.60. The number of benzene rings is 1. The number of pyridine rings is 1. The first kappa shape index (κ1) is 50.0. The molecule has 0 spiro atoms. The van der Waals surface area contributed by atoms with Crippen LogP contribution in [0.5, 0.6) is 5.75 Å². The Morgan fingerprint density at radius 1 is 1.18 bits per heavy atom. The van der Waals surface area contributed by atoms with Crippen LogP contribution in [0.15, 0.2) is 65.5 Å². The van der Waals surface area contributed by atoms with Gasteiger partial charge in [0.1, 0.15) is 28.4 Å². The van der Waals surface area contributed by atoms with E-state index in [1.54, 1.807) is 63.6 Å². The number of phenolic OH excluding ortho intramolecular Hbond substituents is 1. The number of nitrogens with zero attached hydrogens (tertiary/aromatic N) is 1. The molecule has 2 fully saturated rings. The van der Waals surface area contributed by atoms with Crippen LogP contribution in [0.1, 0.15) is 57.4 Å². The molecule has 10 atom stereocenters. The fourth-order valence-corrected chi connectivity index (χ4v) is 9.97. The number of ether oxygens (including phenoxy) is 6. The summed E-state index contributed by atoms with van der Waals surface area (Å²) in [5, 5.41) is 29.3. The van der Waals surface area contributed by atoms with Gasteiger partial charge >= 0.3 is 6.09 Å². The Labute approximate surface area is 390 Å². The number of fused-ring (bicyclic) bond motifs is 3. The molecule has 6 rings (SSSR count). The average molecular weight is 949 g/mol. The van der Waals surface area contributed by atoms with Gasteiger partial charge in [0.15, 0.2) is 18.4 Å². The van der Waals surface area contributed by atoms with Crippen LogP contribution in [0, 0.1) is 23.7 Å². The number of phenols is 1. The number of amides is 1. The Bertz CT molecular complexity index is 2520. The highest BCUT2D eigenvalue weighted by molar-refractivity contribution is 8.28. The third kappa shape index (κ3) is 11.4. The van der Waals surface area contributed by atoms with E-state index in [-0.39, 0.29) is 66.1 Å². The van der Waals surface area contributed by atoms with Gasteiger partial charge in [0.05, 0.1) is 49.3 Å². The number of ketones is 2. The number of rotatable bonds is 14. The summed E-state index contributed by atoms with van der Waals surface area (Å²) in [6.07, 6.45) is 2.18. The maximum Gasteiger partial charge on any atom is 0.411 e. The van der Waals surface area contributed by atoms with Crippen molar-refractivity contribution in [3.63, 3.8) is 0 Å². The zero-order valence-corrected chi connectivity index (χ0v) is 40.0. The maximum atomic E-state index is 15.3. The van der Waals surface area contributed by atoms with Gasteiger partial charge in [-0.15, -0.1) is 27.1 Å². The largest absolute Gasteiger partial charge is 0.508 e. The minimum Gasteiger partial charge on any atom is -0.508 e. The van der Waals surface area contributed by atoms with Crippen molar-refractivity contribution in [1.82, 2.24) is 20.6 Å². The third-order valence-corrected chi connectivity index (χ3v) is 13.9. The monoisotopic (exact) mass is 948 g/mol. The second kappa shape index (κ2) is 22.4. The van der Waals surface area contributed by atoms with Crippen molar-refractivity contribution in [2.75, 3.05) is 39.1 Å². The first-order chi connectivity index (χ1) is 31.1. The SMILES string of the molecule is CC#C/C=C\C#C[C@H](OC1OC(C)C(SC)(C(=O)c2nccc3c2[nH]c2ccc(O)cc23)CC1OC1CC(OC)C(NC(C)C)CO1)C1=C(NC(=O)OC)C(=O)C[C@H](O)/C1=C/CS(C)=S. The number of thioether (sulfide) groups is 1. The molecule has 15 nitrogen and oxygen atoms in total. The number of H-pyrrole nitrogens is 1. The smallest absolute Gasteiger partial charge is 0.411 e. The maximum absolute atomic E-state index is 15.3. The number of aliphatic hydroxyl groups excluding tert-OH is 1. The number of alkyl carbamates (subject to hydrolysis) is 1. The van der Waals surface area contributed by atoms with Crippen molar-refractivity contribution in [2.45, 2.75) is 107 Å². The molecule has 65 heavy (non-hydrogen) atoms. The Morgan fingerprint density at radius 2 is 1.95 bits per heavy atom. The fraction of sp³-hybridized carbons (Fsp3) is 0.489. The molecule has 1 aromatic carbocycles. The van der Waals surface area contributed by atoms with Crippen LogP contribution < -0.4 is 10.6 Å². The van der Waals surface area contributed by atoms with Crippen LogP contribution in [0.2, 0.25) is 0 Å². The van der Waals surface area contributed by atoms with E-state index in [0.717, 1.165) is 10.9 Å². The van der Waals surface area contributed by atoms with E-state index >= 15 is 4.79 Å². The minimum atomic E-state index is -1.35. The summed E-state index contributed by atoms with van der Waals surface area (Å²) in [5.74, 6) is 11.1. The number of carbonyl (C=O) groups excluding carboxylic acids is 3. The lowest BCUT2D eigenvalue weighted by molar-refractivity contribution is -0.301. The molecule has 0 saturated carbocycles. The Balaban J connectivity index is 1.47. The van der Waals surface area contributed by atoms with Crippen LogP contribution in [0.4, 0.5) is 4.79 Å². The van der Waals surface area contributed by atoms with Crippen LogP contribution in [-0.2, 0) is 53.9 Å². The first-order valence-corrected chi connectivity index (χ1v) is 25.0. The van der Waals surface area contributed by atoms with E-state index in [2.05, 4.69) is 44.3 Å². The van der Waals surface area contributed by atoms with Gasteiger partial charge in [-0.1, -0.05) is 48.9 Å². The number of aromatic nitrogens is 2. The molecule has 348 valence electrons. The molecule has 8 unspecified atom stereocenters. The normalized spacial score (nSPS) is 27.6. The van der Waals surface area contributed by atoms with Gasteiger partial charge < -0.3 is 48.9 Å². The van der Waals surface area contributed by atoms with Gasteiger partial charge in [0.2, 0.25) is 5.78 Å². The van der Waals surface area contributed by atoms with E-state index in [9.17, 15) is 19.8 Å². The second-order valence-electron chi connectivity index (χ2n) is 16.1. The van der Waals surface area contributed by atoms with E-state index < -0.39 is 63.1 Å². The number of carbonyl (C=O) groups is 3. The number of methoxy groups -OCH3 is 2. The Hall–Kier alpha value is -4.44. The molecule has 18 heteroatoms. The number of hydrogen-bond acceptors (Lipinski definition) is 15. The summed E-state index contributed by atoms with van der Waals surface area (Å²) in [6, 6.07) is 6.77. The number of aliphatic hydroxyl groups is 1. The topological polar surface area (TPSA) is 200 Å². The van der Waals surface area contributed by atoms with E-state index in [1.165, 1.54) is 24.9 Å². The van der Waals surface area contributed by atoms with Crippen LogP contribution in [0.25, 0.3) is 21.8 Å². The molecule has 1 amide bonds. The number of aromatic amines is 1. The summed E-state index contributed by atoms with van der Waals surface area (Å²) < 4.78 is 36.4. The predicted molar refractivity (Wildman–Crippen MR) is 254 cm³/mol. The third-order valence-electron chi connectivity index (χ3n) is 11.5. The van der Waals surface area contributed by atoms with Crippen LogP contribution >= 0.6 is 11.8 Å². The summed E-state index contributed by atoms with van der Waals surface area (Å²) in [5.41, 5.74) is 1.60. The number of nitrogens with one attached hydrogen (secondary N) is 3. The van der Waals surface area contributed by atoms with Crippen LogP contribution in [-0.4, -0.2) is 137 Å². The van der Waals surface area contributed by atoms with Crippen molar-refractivity contribution in [3.8, 4) is 29.4 Å². The molecule has 3 aromatic rings. The summed E-state index contributed by atoms with van der Waals surface area (Å²) in [7, 11) is 2.27. The zero-order valence-electron chi connectivity index (χ0n) is 37.6. The molecule has 4 heterocycles. The average Bonchev–Trinajstić information content (AvgIpc) is 3.65. The van der Waals surface area contributed by atoms with Crippen molar-refractivity contribution < 1.29 is 53.0 Å². The highest BCUT2D eigenvalue weighted by atomic mass is 32.8. The minimum absolute atomic E-state index is 0.0282. The zero-order chi connectivity index (χ0) is 47.0. The molecule has 0 bridgehead atoms. The molecule has 1 aliphatic carbocycles. The van der Waals surface area contributed by atoms with Gasteiger partial charge in [0.25, 0.3) is 0 Å². The first-order valence-electron chi connectivity index (χ1n) is 21.1. The standard InChI is InChI=1S/C47H56N4O11S3/c1-9-10-11-12-13-14-36(40-30(18-20-65(8)63)34(53)22-35(54)42(40)51-46(56)58-6)62-45-38(61-39-23-37(57-5)33(25-59-39)49-26(2)3)24-47(64-7,27(4)60-45)44(55)43-41-29(17-19-48-43)31-21-28(52)15-16-32(31)50-41/h11-12,15-19,21,26-27,33-34,36-39,45,49-50,52-53H,20,22-25H2,1-8H3,(H,51,56)/b12-11-,30-18-/t27?,33?,34-,36-,37?,38?,39?,45?,47?,65?/m0/s1. The fourth-order valence-electron chi connectivity index (χ4n) is 8.36. The molecular weight excluding hydrogens is 893 g/mol. The molecular formula is C47H56N4O11S3. The highest BCUT2D eigenvalue weighted by Gasteiger charge is 2.55. The quantitative estimate of drug-likeness (QED) is 0.108. The number of Topliss-reactive ketones (excluding diaryl/α,β-unsaturated/α-hetero) is 2. The van der Waals surface area contributed by atoms with Crippen molar-refractivity contribution >= 4 is 71.9 Å². The number of aromatic hydroxyl groups is 1. The van der Waals surface area contributed by atoms with E-state index in [0.29, 0.717) is 28.6 Å². The Morgan fingerprint density at radius 3 is 2.65 bits per heavy atom. The van der Waals surface area contributed by atoms with E-state index in [1.807, 2.05) is 26.4 Å². The van der Waals surface area contributed by atoms with Crippen molar-refractivity contribution in [1.29, 1.82) is 0 Å². The van der Waals surface area contributed by atoms with Gasteiger partial charge in [-0.25, -0.2) is 4.79 Å². The molecule has 0 radical (unpaired) electrons. The van der Waals surface area contributed by atoms with Crippen molar-refractivity contribution in [3.05, 3.63) is 71.2 Å². The lowest BCUT2D eigenvalue weighted by atomic mass is 9.84. The molecule has 3 aliphatic rings. The molecule has 5 N–H and O–H groups in total. The highest BCUT2D eigenvalue weighted by Crippen LogP contribution is 2.45. The van der Waals surface area contributed by atoms with E-state index in [4.69, 9.17) is 39.6 Å². The summed E-state index contributed by atoms with van der Waals surface area (Å²) >= 11 is 6.80. The molecule has 2 aromatic heterocycles. The van der Waals surface area contributed by atoms with Gasteiger partial charge in [0, 0.05) is 66.2 Å². The number of hydrogen-bond donors (Lipinski definition) is 5. The van der Waals surface area contributed by atoms with Gasteiger partial charge in [-0.05, 0) is 68.3 Å². The number of allylic oxidation sites excluding steroid dienone is 3. The molecule has 2 aliphatic heterocycles. The van der Waals surface area contributed by atoms with Crippen molar-refractivity contribution in [2.24, 2.45) is 0 Å². The van der Waals surface area contributed by atoms with Crippen LogP contribution in [0.3, 0.4) is 0 Å². The molecule has 2 saturated heterocycles.